The van der Waals surface area contributed by atoms with Gasteiger partial charge >= 0.3 is 0 Å². The van der Waals surface area contributed by atoms with Crippen molar-refractivity contribution in [1.82, 2.24) is 9.38 Å². The number of hydrogen-bond acceptors (Lipinski definition) is 3. The lowest BCUT2D eigenvalue weighted by Gasteiger charge is -2.06. The van der Waals surface area contributed by atoms with Crippen LogP contribution in [-0.2, 0) is 4.79 Å². The van der Waals surface area contributed by atoms with Crippen molar-refractivity contribution < 1.29 is 4.79 Å². The number of nitrogens with zero attached hydrogens (tertiary/aromatic N) is 3. The van der Waals surface area contributed by atoms with Gasteiger partial charge in [0.2, 0.25) is 0 Å². The van der Waals surface area contributed by atoms with E-state index in [4.69, 9.17) is 23.2 Å². The standard InChI is InChI=1S/C17H10Cl2N4O/c18-12-5-1-2-6-13(12)21-17(24)11(10-20)9-14-16(19)22-15-7-3-4-8-23(14)15/h1-9H,(H,21,24). The zero-order valence-corrected chi connectivity index (χ0v) is 13.7. The van der Waals surface area contributed by atoms with Gasteiger partial charge in [-0.2, -0.15) is 5.26 Å². The minimum absolute atomic E-state index is 0.109. The predicted octanol–water partition coefficient (Wildman–Crippen LogP) is 4.19. The number of carbonyl (C=O) groups excluding carboxylic acids is 1. The van der Waals surface area contributed by atoms with Crippen molar-refractivity contribution in [2.45, 2.75) is 0 Å². The van der Waals surface area contributed by atoms with Crippen LogP contribution in [-0.4, -0.2) is 15.3 Å². The molecule has 0 aliphatic rings. The number of fused-ring (bicyclic) bond motifs is 1. The van der Waals surface area contributed by atoms with Gasteiger partial charge in [0.15, 0.2) is 5.15 Å². The molecule has 1 amide bonds. The number of nitriles is 1. The maximum Gasteiger partial charge on any atom is 0.266 e. The molecule has 0 fully saturated rings. The van der Waals surface area contributed by atoms with Gasteiger partial charge in [0.1, 0.15) is 17.3 Å². The number of para-hydroxylation sites is 1. The zero-order chi connectivity index (χ0) is 17.1. The van der Waals surface area contributed by atoms with Crippen molar-refractivity contribution >= 4 is 46.5 Å². The highest BCUT2D eigenvalue weighted by molar-refractivity contribution is 6.34. The average molecular weight is 357 g/mol. The van der Waals surface area contributed by atoms with E-state index in [-0.39, 0.29) is 10.7 Å². The van der Waals surface area contributed by atoms with Gasteiger partial charge in [-0.1, -0.05) is 41.4 Å². The second kappa shape index (κ2) is 6.75. The molecule has 1 N–H and O–H groups in total. The summed E-state index contributed by atoms with van der Waals surface area (Å²) in [6, 6.07) is 14.1. The molecule has 0 aliphatic heterocycles. The molecule has 3 aromatic rings. The minimum atomic E-state index is -0.576. The molecule has 2 aromatic heterocycles. The minimum Gasteiger partial charge on any atom is -0.320 e. The number of hydrogen-bond donors (Lipinski definition) is 1. The molecule has 5 nitrogen and oxygen atoms in total. The van der Waals surface area contributed by atoms with Crippen molar-refractivity contribution in [3.8, 4) is 6.07 Å². The van der Waals surface area contributed by atoms with Gasteiger partial charge in [0.25, 0.3) is 5.91 Å². The van der Waals surface area contributed by atoms with Crippen LogP contribution in [0.3, 0.4) is 0 Å². The fourth-order valence-electron chi connectivity index (χ4n) is 2.15. The van der Waals surface area contributed by atoms with Crippen LogP contribution in [0.4, 0.5) is 5.69 Å². The first-order valence-electron chi connectivity index (χ1n) is 6.90. The van der Waals surface area contributed by atoms with E-state index in [1.54, 1.807) is 47.0 Å². The maximum atomic E-state index is 12.3. The number of amides is 1. The Labute approximate surface area is 147 Å². The Bertz CT molecular complexity index is 1000. The van der Waals surface area contributed by atoms with Crippen molar-refractivity contribution in [2.75, 3.05) is 5.32 Å². The van der Waals surface area contributed by atoms with Crippen LogP contribution >= 0.6 is 23.2 Å². The Morgan fingerprint density at radius 2 is 1.96 bits per heavy atom. The molecular weight excluding hydrogens is 347 g/mol. The highest BCUT2D eigenvalue weighted by atomic mass is 35.5. The Hall–Kier alpha value is -2.81. The third-order valence-corrected chi connectivity index (χ3v) is 3.90. The average Bonchev–Trinajstić information content (AvgIpc) is 2.90. The van der Waals surface area contributed by atoms with E-state index in [1.165, 1.54) is 6.08 Å². The first-order valence-corrected chi connectivity index (χ1v) is 7.66. The number of nitrogens with one attached hydrogen (secondary N) is 1. The zero-order valence-electron chi connectivity index (χ0n) is 12.2. The molecule has 3 rings (SSSR count). The topological polar surface area (TPSA) is 70.2 Å². The number of pyridine rings is 1. The van der Waals surface area contributed by atoms with E-state index in [9.17, 15) is 10.1 Å². The molecule has 7 heteroatoms. The fraction of sp³-hybridized carbons (Fsp3) is 0. The maximum absolute atomic E-state index is 12.3. The Kier molecular flexibility index (Phi) is 4.52. The smallest absolute Gasteiger partial charge is 0.266 e. The monoisotopic (exact) mass is 356 g/mol. The molecule has 0 saturated heterocycles. The number of rotatable bonds is 3. The van der Waals surface area contributed by atoms with Crippen LogP contribution in [0, 0.1) is 11.3 Å². The van der Waals surface area contributed by atoms with Gasteiger partial charge in [0, 0.05) is 6.20 Å². The fourth-order valence-corrected chi connectivity index (χ4v) is 2.57. The summed E-state index contributed by atoms with van der Waals surface area (Å²) in [6.07, 6.45) is 3.15. The Morgan fingerprint density at radius 1 is 1.21 bits per heavy atom. The predicted molar refractivity (Wildman–Crippen MR) is 93.9 cm³/mol. The quantitative estimate of drug-likeness (QED) is 0.565. The summed E-state index contributed by atoms with van der Waals surface area (Å²) in [5.41, 5.74) is 1.40. The second-order valence-corrected chi connectivity index (χ2v) is 5.59. The van der Waals surface area contributed by atoms with Gasteiger partial charge in [0.05, 0.1) is 16.4 Å². The molecular formula is C17H10Cl2N4O. The lowest BCUT2D eigenvalue weighted by atomic mass is 10.2. The third-order valence-electron chi connectivity index (χ3n) is 3.29. The summed E-state index contributed by atoms with van der Waals surface area (Å²) in [7, 11) is 0. The molecule has 2 heterocycles. The molecule has 0 spiro atoms. The van der Waals surface area contributed by atoms with Crippen molar-refractivity contribution in [3.05, 3.63) is 70.1 Å². The summed E-state index contributed by atoms with van der Waals surface area (Å²) in [4.78, 5) is 16.5. The summed E-state index contributed by atoms with van der Waals surface area (Å²) < 4.78 is 1.70. The summed E-state index contributed by atoms with van der Waals surface area (Å²) in [5.74, 6) is -0.576. The highest BCUT2D eigenvalue weighted by Crippen LogP contribution is 2.23. The second-order valence-electron chi connectivity index (χ2n) is 4.82. The van der Waals surface area contributed by atoms with Crippen molar-refractivity contribution in [2.24, 2.45) is 0 Å². The van der Waals surface area contributed by atoms with Crippen LogP contribution in [0.1, 0.15) is 5.69 Å². The lowest BCUT2D eigenvalue weighted by molar-refractivity contribution is -0.112. The molecule has 0 saturated carbocycles. The molecule has 0 unspecified atom stereocenters. The van der Waals surface area contributed by atoms with E-state index in [1.807, 2.05) is 12.1 Å². The van der Waals surface area contributed by atoms with Crippen LogP contribution in [0.5, 0.6) is 0 Å². The summed E-state index contributed by atoms with van der Waals surface area (Å²) in [6.45, 7) is 0. The number of anilines is 1. The number of carbonyl (C=O) groups is 1. The molecule has 0 bridgehead atoms. The largest absolute Gasteiger partial charge is 0.320 e. The number of imidazole rings is 1. The lowest BCUT2D eigenvalue weighted by Crippen LogP contribution is -2.13. The van der Waals surface area contributed by atoms with E-state index in [0.29, 0.717) is 22.1 Å². The molecule has 118 valence electrons. The number of aromatic nitrogens is 2. The van der Waals surface area contributed by atoms with Crippen LogP contribution in [0.25, 0.3) is 11.7 Å². The van der Waals surface area contributed by atoms with Gasteiger partial charge in [-0.05, 0) is 30.3 Å². The first kappa shape index (κ1) is 16.1. The van der Waals surface area contributed by atoms with Gasteiger partial charge in [-0.15, -0.1) is 0 Å². The van der Waals surface area contributed by atoms with E-state index >= 15 is 0 Å². The summed E-state index contributed by atoms with van der Waals surface area (Å²) >= 11 is 12.1. The van der Waals surface area contributed by atoms with Crippen LogP contribution in [0.15, 0.2) is 54.2 Å². The van der Waals surface area contributed by atoms with Gasteiger partial charge < -0.3 is 5.32 Å². The highest BCUT2D eigenvalue weighted by Gasteiger charge is 2.14. The van der Waals surface area contributed by atoms with E-state index in [2.05, 4.69) is 10.3 Å². The van der Waals surface area contributed by atoms with E-state index in [0.717, 1.165) is 0 Å². The first-order chi connectivity index (χ1) is 11.6. The Morgan fingerprint density at radius 3 is 2.71 bits per heavy atom. The molecule has 0 aliphatic carbocycles. The normalized spacial score (nSPS) is 11.3. The van der Waals surface area contributed by atoms with Crippen LogP contribution < -0.4 is 5.32 Å². The van der Waals surface area contributed by atoms with Gasteiger partial charge in [-0.25, -0.2) is 4.98 Å². The summed E-state index contributed by atoms with van der Waals surface area (Å²) in [5, 5.41) is 12.5. The third kappa shape index (κ3) is 3.11. The molecule has 0 atom stereocenters. The van der Waals surface area contributed by atoms with E-state index < -0.39 is 5.91 Å². The number of halogens is 2. The molecule has 24 heavy (non-hydrogen) atoms. The van der Waals surface area contributed by atoms with Crippen molar-refractivity contribution in [3.63, 3.8) is 0 Å². The van der Waals surface area contributed by atoms with Crippen LogP contribution in [0.2, 0.25) is 10.2 Å². The molecule has 1 aromatic carbocycles. The Balaban J connectivity index is 1.97. The SMILES string of the molecule is N#CC(=Cc1c(Cl)nc2ccccn12)C(=O)Nc1ccccc1Cl. The van der Waals surface area contributed by atoms with Crippen molar-refractivity contribution in [1.29, 1.82) is 5.26 Å². The molecule has 0 radical (unpaired) electrons. The van der Waals surface area contributed by atoms with Gasteiger partial charge in [-0.3, -0.25) is 9.20 Å². The number of benzene rings is 1.